The molecule has 2 aromatic carbocycles. The lowest BCUT2D eigenvalue weighted by Crippen LogP contribution is -2.23. The van der Waals surface area contributed by atoms with E-state index in [2.05, 4.69) is 25.6 Å². The number of esters is 1. The lowest BCUT2D eigenvalue weighted by Gasteiger charge is -2.17. The Balaban J connectivity index is 1.79. The Kier molecular flexibility index (Phi) is 4.91. The number of carbonyl (C=O) groups is 1. The Labute approximate surface area is 249 Å². The van der Waals surface area contributed by atoms with Crippen LogP contribution in [0, 0.1) is 6.92 Å². The number of aliphatic hydroxyl groups is 1. The standard InChI is InChI=1S/C29H30N6O6/c1-5-8-23-30-25(29(3,4)38)24(27(36)39-16-22-17(2)40-28(37)41-22)35(23)15-18-11-13-19(14-12-18)20-9-6-7-10-21(20)26-31-33-34-32-26/h6-7,9-14,38H,5,8,15-16H2,1-4H3,(H,31,32,33,34)/i6D,7D,9D,10D,11D,12D,13D,14D,15D2. The number of benzene rings is 2. The van der Waals surface area contributed by atoms with Crippen molar-refractivity contribution in [2.45, 2.75) is 59.2 Å². The van der Waals surface area contributed by atoms with Gasteiger partial charge in [-0.05, 0) is 49.1 Å². The summed E-state index contributed by atoms with van der Waals surface area (Å²) < 4.78 is 104. The largest absolute Gasteiger partial charge is 0.519 e. The number of hydrogen-bond acceptors (Lipinski definition) is 10. The van der Waals surface area contributed by atoms with E-state index in [0.717, 1.165) is 4.57 Å². The van der Waals surface area contributed by atoms with Gasteiger partial charge >= 0.3 is 11.8 Å². The zero-order valence-electron chi connectivity index (χ0n) is 32.3. The maximum absolute atomic E-state index is 13.8. The van der Waals surface area contributed by atoms with Gasteiger partial charge in [0.25, 0.3) is 0 Å². The van der Waals surface area contributed by atoms with Crippen molar-refractivity contribution < 1.29 is 37.2 Å². The first-order valence-electron chi connectivity index (χ1n) is 17.3. The van der Waals surface area contributed by atoms with Crippen LogP contribution in [0.1, 0.15) is 80.0 Å². The Morgan fingerprint density at radius 1 is 1.17 bits per heavy atom. The summed E-state index contributed by atoms with van der Waals surface area (Å²) >= 11 is 0. The summed E-state index contributed by atoms with van der Waals surface area (Å²) in [6, 6.07) is -6.54. The van der Waals surface area contributed by atoms with E-state index in [1.807, 2.05) is 0 Å². The van der Waals surface area contributed by atoms with E-state index in [0.29, 0.717) is 6.42 Å². The second-order valence-electron chi connectivity index (χ2n) is 9.23. The summed E-state index contributed by atoms with van der Waals surface area (Å²) in [4.78, 5) is 29.7. The molecule has 12 nitrogen and oxygen atoms in total. The van der Waals surface area contributed by atoms with Gasteiger partial charge in [0, 0.05) is 18.5 Å². The highest BCUT2D eigenvalue weighted by molar-refractivity contribution is 5.89. The van der Waals surface area contributed by atoms with Gasteiger partial charge in [0.1, 0.15) is 17.1 Å². The van der Waals surface area contributed by atoms with Crippen LogP contribution in [0.4, 0.5) is 0 Å². The fourth-order valence-electron chi connectivity index (χ4n) is 3.84. The van der Waals surface area contributed by atoms with Crippen molar-refractivity contribution in [1.29, 1.82) is 0 Å². The number of nitrogens with zero attached hydrogens (tertiary/aromatic N) is 5. The maximum Gasteiger partial charge on any atom is 0.519 e. The van der Waals surface area contributed by atoms with Gasteiger partial charge in [0.15, 0.2) is 23.8 Å². The molecule has 212 valence electrons. The van der Waals surface area contributed by atoms with Crippen LogP contribution in [0.2, 0.25) is 0 Å². The molecular formula is C29H30N6O6. The molecule has 0 aliphatic carbocycles. The number of aromatic amines is 1. The quantitative estimate of drug-likeness (QED) is 0.234. The van der Waals surface area contributed by atoms with Crippen LogP contribution in [-0.4, -0.2) is 41.3 Å². The molecule has 3 heterocycles. The Hall–Kier alpha value is -4.84. The van der Waals surface area contributed by atoms with Crippen molar-refractivity contribution >= 4 is 5.97 Å². The van der Waals surface area contributed by atoms with Gasteiger partial charge in [0.2, 0.25) is 5.82 Å². The highest BCUT2D eigenvalue weighted by Crippen LogP contribution is 2.31. The summed E-state index contributed by atoms with van der Waals surface area (Å²) in [6.07, 6.45) is 0.363. The van der Waals surface area contributed by atoms with Crippen LogP contribution >= 0.6 is 0 Å². The zero-order valence-corrected chi connectivity index (χ0v) is 22.3. The monoisotopic (exact) mass is 568 g/mol. The van der Waals surface area contributed by atoms with Crippen molar-refractivity contribution in [3.8, 4) is 22.5 Å². The van der Waals surface area contributed by atoms with Gasteiger partial charge in [-0.2, -0.15) is 5.21 Å². The molecule has 0 amide bonds. The summed E-state index contributed by atoms with van der Waals surface area (Å²) in [7, 11) is 0. The minimum absolute atomic E-state index is 0.0140. The second-order valence-corrected chi connectivity index (χ2v) is 9.23. The number of aryl methyl sites for hydroxylation is 2. The van der Waals surface area contributed by atoms with Crippen LogP contribution in [0.25, 0.3) is 22.5 Å². The average Bonchev–Trinajstić information content (AvgIpc) is 3.79. The minimum Gasteiger partial charge on any atom is -0.453 e. The zero-order chi connectivity index (χ0) is 37.9. The van der Waals surface area contributed by atoms with Gasteiger partial charge in [-0.3, -0.25) is 0 Å². The van der Waals surface area contributed by atoms with E-state index in [9.17, 15) is 17.4 Å². The molecule has 0 radical (unpaired) electrons. The van der Waals surface area contributed by atoms with Crippen LogP contribution in [-0.2, 0) is 29.9 Å². The third-order valence-electron chi connectivity index (χ3n) is 5.72. The average molecular weight is 569 g/mol. The van der Waals surface area contributed by atoms with Crippen LogP contribution < -0.4 is 5.82 Å². The van der Waals surface area contributed by atoms with Crippen LogP contribution in [0.3, 0.4) is 0 Å². The van der Waals surface area contributed by atoms with E-state index in [1.165, 1.54) is 20.8 Å². The molecule has 0 unspecified atom stereocenters. The molecule has 5 rings (SSSR count). The lowest BCUT2D eigenvalue weighted by molar-refractivity contribution is 0.0395. The Morgan fingerprint density at radius 3 is 2.51 bits per heavy atom. The summed E-state index contributed by atoms with van der Waals surface area (Å²) in [5.74, 6) is -2.87. The first kappa shape index (κ1) is 17.8. The molecule has 5 aromatic rings. The third-order valence-corrected chi connectivity index (χ3v) is 5.72. The molecule has 0 spiro atoms. The van der Waals surface area contributed by atoms with Crippen LogP contribution in [0.5, 0.6) is 0 Å². The number of nitrogens with one attached hydrogen (secondary N) is 1. The fraction of sp³-hybridized carbons (Fsp3) is 0.310. The molecule has 0 bridgehead atoms. The number of imidazole rings is 1. The predicted molar refractivity (Wildman–Crippen MR) is 147 cm³/mol. The molecule has 3 aromatic heterocycles. The topological polar surface area (TPSA) is 162 Å². The SMILES string of the molecule is [2H]c1c([2H])c([2H])c(-c2c([2H])c([2H])c(C([2H])([2H])n3c(CCC)nc(C(C)(C)O)c3C(=O)OCc3oc(=O)oc3C)c([2H])c2[2H])c(-c2nn[nH]n2)c1[2H]. The van der Waals surface area contributed by atoms with Crippen LogP contribution in [0.15, 0.2) is 62.0 Å². The molecule has 0 fully saturated rings. The van der Waals surface area contributed by atoms with E-state index >= 15 is 0 Å². The van der Waals surface area contributed by atoms with Gasteiger partial charge in [-0.1, -0.05) is 55.3 Å². The summed E-state index contributed by atoms with van der Waals surface area (Å²) in [5, 5.41) is 24.2. The van der Waals surface area contributed by atoms with Gasteiger partial charge in [0.05, 0.1) is 13.7 Å². The smallest absolute Gasteiger partial charge is 0.453 e. The number of aromatic nitrogens is 6. The highest BCUT2D eigenvalue weighted by Gasteiger charge is 2.33. The molecule has 0 saturated carbocycles. The predicted octanol–water partition coefficient (Wildman–Crippen LogP) is 4.17. The lowest BCUT2D eigenvalue weighted by atomic mass is 9.98. The number of rotatable bonds is 10. The van der Waals surface area contributed by atoms with E-state index in [4.69, 9.17) is 24.5 Å². The first-order chi connectivity index (χ1) is 23.7. The van der Waals surface area contributed by atoms with Crippen molar-refractivity contribution in [2.24, 2.45) is 0 Å². The molecule has 0 aliphatic heterocycles. The normalized spacial score (nSPS) is 15.4. The summed E-state index contributed by atoms with van der Waals surface area (Å²) in [6.45, 7) is 1.94. The molecule has 2 N–H and O–H groups in total. The molecule has 0 aliphatic rings. The molecule has 12 heteroatoms. The third kappa shape index (κ3) is 5.87. The molecule has 41 heavy (non-hydrogen) atoms. The van der Waals surface area contributed by atoms with Crippen molar-refractivity contribution in [3.63, 3.8) is 0 Å². The number of ether oxygens (including phenoxy) is 1. The number of tetrazole rings is 1. The van der Waals surface area contributed by atoms with E-state index in [-0.39, 0.29) is 40.8 Å². The molecule has 0 atom stereocenters. The number of H-pyrrole nitrogens is 1. The molecular weight excluding hydrogens is 528 g/mol. The fourth-order valence-corrected chi connectivity index (χ4v) is 3.84. The maximum atomic E-state index is 13.8. The van der Waals surface area contributed by atoms with Gasteiger partial charge in [-0.15, -0.1) is 10.2 Å². The minimum atomic E-state index is -3.11. The Bertz CT molecular complexity index is 2210. The van der Waals surface area contributed by atoms with E-state index in [1.54, 1.807) is 6.92 Å². The van der Waals surface area contributed by atoms with Crippen molar-refractivity contribution in [3.05, 3.63) is 93.3 Å². The number of carbonyl (C=O) groups excluding carboxylic acids is 1. The van der Waals surface area contributed by atoms with Crippen molar-refractivity contribution in [2.75, 3.05) is 0 Å². The highest BCUT2D eigenvalue weighted by atomic mass is 16.6. The summed E-state index contributed by atoms with van der Waals surface area (Å²) in [5.41, 5.74) is -5.18. The van der Waals surface area contributed by atoms with Crippen molar-refractivity contribution in [1.82, 2.24) is 30.2 Å². The first-order valence-corrected chi connectivity index (χ1v) is 12.3. The molecule has 0 saturated heterocycles. The second kappa shape index (κ2) is 11.3. The van der Waals surface area contributed by atoms with Gasteiger partial charge in [-0.25, -0.2) is 14.6 Å². The van der Waals surface area contributed by atoms with Gasteiger partial charge < -0.3 is 23.2 Å². The number of hydrogen-bond donors (Lipinski definition) is 2. The van der Waals surface area contributed by atoms with E-state index < -0.39 is 101 Å². The Morgan fingerprint density at radius 2 is 1.90 bits per heavy atom.